The summed E-state index contributed by atoms with van der Waals surface area (Å²) in [5.41, 5.74) is 5.80. The van der Waals surface area contributed by atoms with Crippen molar-refractivity contribution in [2.75, 3.05) is 0 Å². The minimum atomic E-state index is 1.09. The van der Waals surface area contributed by atoms with Gasteiger partial charge in [0.25, 0.3) is 0 Å². The van der Waals surface area contributed by atoms with Crippen LogP contribution in [-0.2, 0) is 6.42 Å². The number of benzene rings is 1. The molecule has 1 aromatic carbocycles. The summed E-state index contributed by atoms with van der Waals surface area (Å²) >= 11 is 0. The van der Waals surface area contributed by atoms with Crippen molar-refractivity contribution in [3.05, 3.63) is 50.9 Å². The lowest BCUT2D eigenvalue weighted by Crippen LogP contribution is -2.29. The first kappa shape index (κ1) is 7.47. The lowest BCUT2D eigenvalue weighted by atomic mass is 9.96. The van der Waals surface area contributed by atoms with Crippen molar-refractivity contribution in [3.63, 3.8) is 0 Å². The normalized spacial score (nSPS) is 17.3. The summed E-state index contributed by atoms with van der Waals surface area (Å²) in [6.45, 7) is 0. The predicted molar refractivity (Wildman–Crippen MR) is 65.4 cm³/mol. The van der Waals surface area contributed by atoms with Gasteiger partial charge in [-0.15, -0.1) is 0 Å². The van der Waals surface area contributed by atoms with E-state index < -0.39 is 0 Å². The van der Waals surface area contributed by atoms with Gasteiger partial charge in [-0.1, -0.05) is 48.6 Å². The minimum absolute atomic E-state index is 1.09. The summed E-state index contributed by atoms with van der Waals surface area (Å²) in [6.07, 6.45) is 18.9. The second-order valence-electron chi connectivity index (χ2n) is 4.20. The molecule has 3 aliphatic carbocycles. The van der Waals surface area contributed by atoms with Crippen LogP contribution in [0, 0.1) is 0 Å². The Morgan fingerprint density at radius 1 is 0.733 bits per heavy atom. The van der Waals surface area contributed by atoms with E-state index in [0.717, 1.165) is 6.42 Å². The second kappa shape index (κ2) is 2.40. The highest BCUT2D eigenvalue weighted by Crippen LogP contribution is 2.26. The van der Waals surface area contributed by atoms with E-state index in [2.05, 4.69) is 48.6 Å². The van der Waals surface area contributed by atoms with Gasteiger partial charge in [-0.25, -0.2) is 0 Å². The average Bonchev–Trinajstić information content (AvgIpc) is 2.97. The Hall–Kier alpha value is -1.82. The molecular formula is C15H10. The second-order valence-corrected chi connectivity index (χ2v) is 4.20. The van der Waals surface area contributed by atoms with Crippen LogP contribution in [-0.4, -0.2) is 0 Å². The molecule has 0 fully saturated rings. The molecule has 1 aromatic rings. The van der Waals surface area contributed by atoms with Crippen molar-refractivity contribution in [1.29, 1.82) is 0 Å². The topological polar surface area (TPSA) is 0 Å². The first-order valence-corrected chi connectivity index (χ1v) is 5.37. The van der Waals surface area contributed by atoms with E-state index in [9.17, 15) is 0 Å². The number of hydrogen-bond donors (Lipinski definition) is 0. The molecule has 4 rings (SSSR count). The number of fused-ring (bicyclic) bond motifs is 6. The van der Waals surface area contributed by atoms with Gasteiger partial charge in [0.05, 0.1) is 0 Å². The third-order valence-corrected chi connectivity index (χ3v) is 3.47. The van der Waals surface area contributed by atoms with Crippen LogP contribution in [0.25, 0.3) is 30.4 Å². The van der Waals surface area contributed by atoms with E-state index in [0.29, 0.717) is 0 Å². The molecular weight excluding hydrogens is 180 g/mol. The van der Waals surface area contributed by atoms with Crippen molar-refractivity contribution in [1.82, 2.24) is 0 Å². The zero-order valence-electron chi connectivity index (χ0n) is 8.33. The molecule has 0 bridgehead atoms. The van der Waals surface area contributed by atoms with E-state index in [1.165, 1.54) is 32.7 Å². The van der Waals surface area contributed by atoms with Crippen LogP contribution in [0.3, 0.4) is 0 Å². The number of hydrogen-bond acceptors (Lipinski definition) is 0. The largest absolute Gasteiger partial charge is 0.0795 e. The molecule has 0 N–H and O–H groups in total. The van der Waals surface area contributed by atoms with Crippen LogP contribution < -0.4 is 10.4 Å². The Morgan fingerprint density at radius 2 is 1.47 bits per heavy atom. The fourth-order valence-electron chi connectivity index (χ4n) is 2.82. The molecule has 0 radical (unpaired) electrons. The predicted octanol–water partition coefficient (Wildman–Crippen LogP) is 1.87. The molecule has 3 aliphatic rings. The van der Waals surface area contributed by atoms with Crippen molar-refractivity contribution in [3.8, 4) is 0 Å². The van der Waals surface area contributed by atoms with Crippen LogP contribution in [0.5, 0.6) is 0 Å². The van der Waals surface area contributed by atoms with E-state index in [-0.39, 0.29) is 0 Å². The lowest BCUT2D eigenvalue weighted by Gasteiger charge is -2.07. The fraction of sp³-hybridized carbons (Fsp3) is 0.0667. The zero-order valence-corrected chi connectivity index (χ0v) is 8.33. The molecule has 0 saturated carbocycles. The number of rotatable bonds is 0. The highest BCUT2D eigenvalue weighted by molar-refractivity contribution is 5.84. The fourth-order valence-corrected chi connectivity index (χ4v) is 2.82. The van der Waals surface area contributed by atoms with Gasteiger partial charge < -0.3 is 0 Å². The Balaban J connectivity index is 2.33. The van der Waals surface area contributed by atoms with Crippen LogP contribution in [0.15, 0.2) is 18.2 Å². The Morgan fingerprint density at radius 3 is 2.33 bits per heavy atom. The molecule has 0 aliphatic heterocycles. The number of allylic oxidation sites excluding steroid dienone is 3. The van der Waals surface area contributed by atoms with Gasteiger partial charge in [-0.2, -0.15) is 0 Å². The summed E-state index contributed by atoms with van der Waals surface area (Å²) in [4.78, 5) is 0. The van der Waals surface area contributed by atoms with Crippen molar-refractivity contribution >= 4 is 30.4 Å². The van der Waals surface area contributed by atoms with E-state index in [1.54, 1.807) is 0 Å². The highest BCUT2D eigenvalue weighted by atomic mass is 14.2. The standard InChI is InChI=1S/C15H10/c1-4-10-11(5-1)13-7-3-9-15(13)14-8-2-6-12(10)14/h1-8H,9H2. The molecule has 0 spiro atoms. The first-order valence-electron chi connectivity index (χ1n) is 5.37. The summed E-state index contributed by atoms with van der Waals surface area (Å²) in [5.74, 6) is 0. The third kappa shape index (κ3) is 0.782. The molecule has 0 aromatic heterocycles. The molecule has 0 saturated heterocycles. The molecule has 0 heteroatoms. The van der Waals surface area contributed by atoms with Crippen molar-refractivity contribution in [2.45, 2.75) is 6.42 Å². The molecule has 0 nitrogen and oxygen atoms in total. The van der Waals surface area contributed by atoms with E-state index >= 15 is 0 Å². The highest BCUT2D eigenvalue weighted by Gasteiger charge is 2.17. The smallest absolute Gasteiger partial charge is 0.00818 e. The van der Waals surface area contributed by atoms with E-state index in [4.69, 9.17) is 0 Å². The Kier molecular flexibility index (Phi) is 1.20. The molecule has 15 heavy (non-hydrogen) atoms. The van der Waals surface area contributed by atoms with Gasteiger partial charge in [0.2, 0.25) is 0 Å². The summed E-state index contributed by atoms with van der Waals surface area (Å²) in [6, 6.07) is 0. The molecule has 0 unspecified atom stereocenters. The third-order valence-electron chi connectivity index (χ3n) is 3.47. The summed E-state index contributed by atoms with van der Waals surface area (Å²) < 4.78 is 0. The van der Waals surface area contributed by atoms with Gasteiger partial charge >= 0.3 is 0 Å². The van der Waals surface area contributed by atoms with Crippen LogP contribution in [0.1, 0.15) is 22.3 Å². The van der Waals surface area contributed by atoms with Crippen molar-refractivity contribution < 1.29 is 0 Å². The molecule has 0 heterocycles. The SMILES string of the molecule is C1=Cc2c3c(c4c(c2=C1)=CC=C4)CC=C3. The minimum Gasteiger partial charge on any atom is -0.0795 e. The molecule has 70 valence electrons. The Labute approximate surface area is 88.3 Å². The maximum Gasteiger partial charge on any atom is -0.00818 e. The lowest BCUT2D eigenvalue weighted by molar-refractivity contribution is 1.27. The average molecular weight is 190 g/mol. The molecule has 0 atom stereocenters. The van der Waals surface area contributed by atoms with E-state index in [1.807, 2.05) is 0 Å². The summed E-state index contributed by atoms with van der Waals surface area (Å²) in [5, 5.41) is 2.82. The van der Waals surface area contributed by atoms with Crippen LogP contribution >= 0.6 is 0 Å². The van der Waals surface area contributed by atoms with Gasteiger partial charge in [0, 0.05) is 0 Å². The van der Waals surface area contributed by atoms with Gasteiger partial charge in [-0.3, -0.25) is 0 Å². The quantitative estimate of drug-likeness (QED) is 0.586. The maximum absolute atomic E-state index is 2.27. The van der Waals surface area contributed by atoms with Gasteiger partial charge in [0.15, 0.2) is 0 Å². The van der Waals surface area contributed by atoms with Crippen LogP contribution in [0.4, 0.5) is 0 Å². The Bertz CT molecular complexity index is 680. The van der Waals surface area contributed by atoms with Crippen molar-refractivity contribution in [2.24, 2.45) is 0 Å². The monoisotopic (exact) mass is 190 g/mol. The summed E-state index contributed by atoms with van der Waals surface area (Å²) in [7, 11) is 0. The maximum atomic E-state index is 2.27. The van der Waals surface area contributed by atoms with Gasteiger partial charge in [0.1, 0.15) is 0 Å². The first-order chi connectivity index (χ1) is 7.45. The van der Waals surface area contributed by atoms with Crippen LogP contribution in [0.2, 0.25) is 0 Å². The molecule has 0 amide bonds. The van der Waals surface area contributed by atoms with Gasteiger partial charge in [-0.05, 0) is 39.1 Å². The zero-order chi connectivity index (χ0) is 9.83.